The van der Waals surface area contributed by atoms with E-state index in [4.69, 9.17) is 5.11 Å². The highest BCUT2D eigenvalue weighted by atomic mass is 16.4. The van der Waals surface area contributed by atoms with Gasteiger partial charge >= 0.3 is 5.97 Å². The van der Waals surface area contributed by atoms with Crippen molar-refractivity contribution in [3.05, 3.63) is 58.7 Å². The normalized spacial score (nSPS) is 20.2. The largest absolute Gasteiger partial charge is 0.478 e. The summed E-state index contributed by atoms with van der Waals surface area (Å²) in [5.74, 6) is -0.912. The molecule has 1 aliphatic carbocycles. The maximum Gasteiger partial charge on any atom is 0.328 e. The summed E-state index contributed by atoms with van der Waals surface area (Å²) in [7, 11) is 0. The number of allylic oxidation sites excluding steroid dienone is 9. The van der Waals surface area contributed by atoms with Crippen LogP contribution in [0.4, 0.5) is 0 Å². The fourth-order valence-corrected chi connectivity index (χ4v) is 2.88. The van der Waals surface area contributed by atoms with Gasteiger partial charge in [-0.15, -0.1) is 0 Å². The highest BCUT2D eigenvalue weighted by Gasteiger charge is 2.26. The van der Waals surface area contributed by atoms with Crippen molar-refractivity contribution < 1.29 is 9.90 Å². The van der Waals surface area contributed by atoms with Gasteiger partial charge in [-0.25, -0.2) is 4.79 Å². The highest BCUT2D eigenvalue weighted by Crippen LogP contribution is 2.40. The molecule has 0 fully saturated rings. The first kappa shape index (κ1) is 18.2. The molecule has 120 valence electrons. The van der Waals surface area contributed by atoms with Crippen molar-refractivity contribution in [2.24, 2.45) is 5.41 Å². The average Bonchev–Trinajstić information content (AvgIpc) is 2.36. The van der Waals surface area contributed by atoms with Crippen molar-refractivity contribution in [2.45, 2.75) is 53.9 Å². The molecule has 2 heteroatoms. The topological polar surface area (TPSA) is 37.3 Å². The van der Waals surface area contributed by atoms with Crippen LogP contribution in [0.15, 0.2) is 58.7 Å². The second kappa shape index (κ2) is 7.98. The smallest absolute Gasteiger partial charge is 0.328 e. The van der Waals surface area contributed by atoms with E-state index in [1.54, 1.807) is 13.0 Å². The summed E-state index contributed by atoms with van der Waals surface area (Å²) in [6, 6.07) is 0. The maximum absolute atomic E-state index is 10.5. The van der Waals surface area contributed by atoms with Gasteiger partial charge in [0.1, 0.15) is 0 Å². The molecule has 0 aromatic carbocycles. The Hall–Kier alpha value is -1.83. The third-order valence-corrected chi connectivity index (χ3v) is 4.12. The molecule has 2 nitrogen and oxygen atoms in total. The van der Waals surface area contributed by atoms with Crippen molar-refractivity contribution in [2.75, 3.05) is 0 Å². The predicted molar refractivity (Wildman–Crippen MR) is 93.8 cm³/mol. The highest BCUT2D eigenvalue weighted by molar-refractivity contribution is 5.81. The number of carbonyl (C=O) groups is 1. The van der Waals surface area contributed by atoms with Crippen LogP contribution in [0.3, 0.4) is 0 Å². The molecule has 0 saturated carbocycles. The van der Waals surface area contributed by atoms with E-state index in [1.807, 2.05) is 12.2 Å². The van der Waals surface area contributed by atoms with E-state index < -0.39 is 5.97 Å². The summed E-state index contributed by atoms with van der Waals surface area (Å²) in [4.78, 5) is 10.5. The molecular weight excluding hydrogens is 272 g/mol. The molecule has 0 aromatic rings. The molecule has 0 saturated heterocycles. The number of hydrogen-bond donors (Lipinski definition) is 1. The molecule has 0 atom stereocenters. The van der Waals surface area contributed by atoms with Crippen LogP contribution < -0.4 is 0 Å². The van der Waals surface area contributed by atoms with Crippen LogP contribution in [0.1, 0.15) is 53.9 Å². The molecule has 0 heterocycles. The quantitative estimate of drug-likeness (QED) is 0.530. The van der Waals surface area contributed by atoms with Gasteiger partial charge in [0.2, 0.25) is 0 Å². The summed E-state index contributed by atoms with van der Waals surface area (Å²) in [5, 5.41) is 8.65. The van der Waals surface area contributed by atoms with E-state index in [-0.39, 0.29) is 5.41 Å². The minimum atomic E-state index is -0.912. The molecule has 1 aliphatic rings. The molecule has 0 unspecified atom stereocenters. The van der Waals surface area contributed by atoms with E-state index in [9.17, 15) is 4.79 Å². The van der Waals surface area contributed by atoms with Crippen molar-refractivity contribution in [1.29, 1.82) is 0 Å². The van der Waals surface area contributed by atoms with Gasteiger partial charge in [-0.2, -0.15) is 0 Å². The van der Waals surface area contributed by atoms with Crippen LogP contribution in [-0.4, -0.2) is 11.1 Å². The molecule has 22 heavy (non-hydrogen) atoms. The Kier molecular flexibility index (Phi) is 6.61. The lowest BCUT2D eigenvalue weighted by molar-refractivity contribution is -0.131. The summed E-state index contributed by atoms with van der Waals surface area (Å²) in [6.07, 6.45) is 15.0. The first-order valence-electron chi connectivity index (χ1n) is 7.87. The average molecular weight is 300 g/mol. The van der Waals surface area contributed by atoms with Crippen LogP contribution in [0.25, 0.3) is 0 Å². The van der Waals surface area contributed by atoms with Gasteiger partial charge in [-0.05, 0) is 56.6 Å². The van der Waals surface area contributed by atoms with Crippen LogP contribution >= 0.6 is 0 Å². The summed E-state index contributed by atoms with van der Waals surface area (Å²) < 4.78 is 0. The van der Waals surface area contributed by atoms with Gasteiger partial charge < -0.3 is 5.11 Å². The molecule has 1 N–H and O–H groups in total. The van der Waals surface area contributed by atoms with Crippen LogP contribution in [0.2, 0.25) is 0 Å². The van der Waals surface area contributed by atoms with Crippen molar-refractivity contribution in [3.63, 3.8) is 0 Å². The molecular formula is C20H28O2. The maximum atomic E-state index is 10.5. The molecule has 0 radical (unpaired) electrons. The van der Waals surface area contributed by atoms with Gasteiger partial charge in [0.25, 0.3) is 0 Å². The van der Waals surface area contributed by atoms with Crippen molar-refractivity contribution >= 4 is 5.97 Å². The van der Waals surface area contributed by atoms with E-state index in [0.717, 1.165) is 11.1 Å². The second-order valence-corrected chi connectivity index (χ2v) is 6.76. The van der Waals surface area contributed by atoms with Gasteiger partial charge in [0, 0.05) is 6.08 Å². The fraction of sp³-hybridized carbons (Fsp3) is 0.450. The monoisotopic (exact) mass is 300 g/mol. The number of carboxylic acid groups (broad SMARTS) is 1. The number of hydrogen-bond acceptors (Lipinski definition) is 1. The molecule has 0 amide bonds. The lowest BCUT2D eigenvalue weighted by Crippen LogP contribution is -2.19. The van der Waals surface area contributed by atoms with Gasteiger partial charge in [-0.1, -0.05) is 55.4 Å². The number of aliphatic carboxylic acids is 1. The first-order chi connectivity index (χ1) is 10.2. The molecule has 1 rings (SSSR count). The van der Waals surface area contributed by atoms with Crippen molar-refractivity contribution in [3.8, 4) is 0 Å². The Labute approximate surface area is 134 Å². The van der Waals surface area contributed by atoms with Crippen LogP contribution in [0.5, 0.6) is 0 Å². The number of rotatable bonds is 5. The Morgan fingerprint density at radius 3 is 2.45 bits per heavy atom. The Morgan fingerprint density at radius 1 is 1.18 bits per heavy atom. The second-order valence-electron chi connectivity index (χ2n) is 6.76. The van der Waals surface area contributed by atoms with E-state index >= 15 is 0 Å². The zero-order chi connectivity index (χ0) is 16.8. The fourth-order valence-electron chi connectivity index (χ4n) is 2.88. The predicted octanol–water partition coefficient (Wildman–Crippen LogP) is 5.60. The van der Waals surface area contributed by atoms with Crippen LogP contribution in [-0.2, 0) is 4.79 Å². The van der Waals surface area contributed by atoms with E-state index in [2.05, 4.69) is 39.8 Å². The molecule has 0 aliphatic heterocycles. The molecule has 0 bridgehead atoms. The lowest BCUT2D eigenvalue weighted by Gasteiger charge is -2.32. The molecule has 0 spiro atoms. The zero-order valence-electron chi connectivity index (χ0n) is 14.4. The van der Waals surface area contributed by atoms with E-state index in [1.165, 1.54) is 36.5 Å². The Bertz CT molecular complexity index is 567. The summed E-state index contributed by atoms with van der Waals surface area (Å²) in [6.45, 7) is 10.7. The standard InChI is InChI=1S/C20H28O2/c1-15(8-6-9-16(2)14-19(21)22)11-12-18-17(3)10-7-13-20(18,4)5/h6,8-9,11-12,14H,7,10,13H2,1-5H3,(H,21,22)/b9-6-,12-11+,15-8+,16-14-. The third-order valence-electron chi connectivity index (χ3n) is 4.12. The summed E-state index contributed by atoms with van der Waals surface area (Å²) >= 11 is 0. The first-order valence-corrected chi connectivity index (χ1v) is 7.87. The third kappa shape index (κ3) is 5.88. The number of carboxylic acids is 1. The zero-order valence-corrected chi connectivity index (χ0v) is 14.4. The van der Waals surface area contributed by atoms with Gasteiger partial charge in [0.15, 0.2) is 0 Å². The Balaban J connectivity index is 2.79. The Morgan fingerprint density at radius 2 is 1.86 bits per heavy atom. The minimum absolute atomic E-state index is 0.260. The van der Waals surface area contributed by atoms with Gasteiger partial charge in [-0.3, -0.25) is 0 Å². The van der Waals surface area contributed by atoms with Crippen LogP contribution in [0, 0.1) is 5.41 Å². The van der Waals surface area contributed by atoms with Gasteiger partial charge in [0.05, 0.1) is 0 Å². The molecule has 0 aromatic heterocycles. The SMILES string of the molecule is CC1=C(/C=C/C(C)=C/C=C\C(C)=C/C(=O)O)C(C)(C)CCC1. The minimum Gasteiger partial charge on any atom is -0.478 e. The van der Waals surface area contributed by atoms with Crippen molar-refractivity contribution in [1.82, 2.24) is 0 Å². The van der Waals surface area contributed by atoms with E-state index in [0.29, 0.717) is 0 Å². The summed E-state index contributed by atoms with van der Waals surface area (Å²) in [5.41, 5.74) is 5.09. The lowest BCUT2D eigenvalue weighted by atomic mass is 9.72.